The van der Waals surface area contributed by atoms with Crippen LogP contribution in [0.3, 0.4) is 0 Å². The van der Waals surface area contributed by atoms with E-state index in [0.717, 1.165) is 11.3 Å². The van der Waals surface area contributed by atoms with Crippen LogP contribution in [0.2, 0.25) is 0 Å². The molecule has 3 N–H and O–H groups in total. The second-order valence-electron chi connectivity index (χ2n) is 3.60. The molecule has 0 aliphatic rings. The van der Waals surface area contributed by atoms with E-state index in [0.29, 0.717) is 19.7 Å². The van der Waals surface area contributed by atoms with Crippen molar-refractivity contribution in [2.75, 3.05) is 19.7 Å². The number of benzene rings is 1. The molecule has 0 bridgehead atoms. The third kappa shape index (κ3) is 4.48. The van der Waals surface area contributed by atoms with Crippen LogP contribution in [-0.4, -0.2) is 19.7 Å². The monoisotopic (exact) mass is 232 g/mol. The maximum absolute atomic E-state index is 5.76. The van der Waals surface area contributed by atoms with E-state index in [9.17, 15) is 0 Å². The normalized spacial score (nSPS) is 11.5. The first-order valence-electron chi connectivity index (χ1n) is 5.87. The van der Waals surface area contributed by atoms with Crippen LogP contribution in [0.5, 0.6) is 5.75 Å². The van der Waals surface area contributed by atoms with E-state index in [4.69, 9.17) is 10.5 Å². The fourth-order valence-corrected chi connectivity index (χ4v) is 1.59. The van der Waals surface area contributed by atoms with Gasteiger partial charge < -0.3 is 10.5 Å². The Morgan fingerprint density at radius 2 is 2.29 bits per heavy atom. The fraction of sp³-hybridized carbons (Fsp3) is 0.429. The SMILES string of the molecule is CC#CCNC(CN)c1cccc(OCC)c1. The lowest BCUT2D eigenvalue weighted by molar-refractivity contribution is 0.339. The zero-order valence-electron chi connectivity index (χ0n) is 10.5. The van der Waals surface area contributed by atoms with Gasteiger partial charge in [-0.3, -0.25) is 5.32 Å². The van der Waals surface area contributed by atoms with E-state index in [-0.39, 0.29) is 6.04 Å². The quantitative estimate of drug-likeness (QED) is 0.734. The van der Waals surface area contributed by atoms with E-state index < -0.39 is 0 Å². The molecular formula is C14H20N2O. The lowest BCUT2D eigenvalue weighted by atomic mass is 10.1. The predicted octanol–water partition coefficient (Wildman–Crippen LogP) is 1.70. The van der Waals surface area contributed by atoms with Gasteiger partial charge in [0.1, 0.15) is 5.75 Å². The Morgan fingerprint density at radius 1 is 1.47 bits per heavy atom. The molecule has 1 atom stereocenters. The first-order valence-corrected chi connectivity index (χ1v) is 5.87. The number of rotatable bonds is 6. The van der Waals surface area contributed by atoms with Crippen molar-refractivity contribution in [3.63, 3.8) is 0 Å². The highest BCUT2D eigenvalue weighted by Crippen LogP contribution is 2.18. The first kappa shape index (κ1) is 13.6. The summed E-state index contributed by atoms with van der Waals surface area (Å²) in [6.07, 6.45) is 0. The molecule has 0 aliphatic heterocycles. The highest BCUT2D eigenvalue weighted by atomic mass is 16.5. The molecule has 0 aromatic heterocycles. The zero-order valence-corrected chi connectivity index (χ0v) is 10.5. The van der Waals surface area contributed by atoms with Crippen molar-refractivity contribution in [1.82, 2.24) is 5.32 Å². The highest BCUT2D eigenvalue weighted by Gasteiger charge is 2.08. The molecule has 3 nitrogen and oxygen atoms in total. The smallest absolute Gasteiger partial charge is 0.119 e. The molecule has 0 heterocycles. The fourth-order valence-electron chi connectivity index (χ4n) is 1.59. The molecule has 0 radical (unpaired) electrons. The maximum Gasteiger partial charge on any atom is 0.119 e. The van der Waals surface area contributed by atoms with Gasteiger partial charge in [-0.1, -0.05) is 18.1 Å². The van der Waals surface area contributed by atoms with Gasteiger partial charge in [0.25, 0.3) is 0 Å². The Morgan fingerprint density at radius 3 is 2.94 bits per heavy atom. The molecule has 92 valence electrons. The average Bonchev–Trinajstić information content (AvgIpc) is 2.35. The molecule has 0 saturated heterocycles. The van der Waals surface area contributed by atoms with E-state index in [1.165, 1.54) is 0 Å². The van der Waals surface area contributed by atoms with Crippen LogP contribution in [0, 0.1) is 11.8 Å². The second-order valence-corrected chi connectivity index (χ2v) is 3.60. The van der Waals surface area contributed by atoms with Gasteiger partial charge in [0.2, 0.25) is 0 Å². The van der Waals surface area contributed by atoms with Gasteiger partial charge in [-0.05, 0) is 31.5 Å². The summed E-state index contributed by atoms with van der Waals surface area (Å²) in [5, 5.41) is 3.30. The summed E-state index contributed by atoms with van der Waals surface area (Å²) in [6.45, 7) is 5.67. The molecule has 1 aromatic carbocycles. The average molecular weight is 232 g/mol. The number of nitrogens with two attached hydrogens (primary N) is 1. The van der Waals surface area contributed by atoms with Crippen LogP contribution < -0.4 is 15.8 Å². The molecule has 0 fully saturated rings. The highest BCUT2D eigenvalue weighted by molar-refractivity contribution is 5.31. The van der Waals surface area contributed by atoms with E-state index in [2.05, 4.69) is 17.2 Å². The third-order valence-electron chi connectivity index (χ3n) is 2.42. The summed E-state index contributed by atoms with van der Waals surface area (Å²) in [7, 11) is 0. The van der Waals surface area contributed by atoms with Crippen molar-refractivity contribution in [3.8, 4) is 17.6 Å². The van der Waals surface area contributed by atoms with Crippen LogP contribution in [0.15, 0.2) is 24.3 Å². The van der Waals surface area contributed by atoms with Gasteiger partial charge in [0.15, 0.2) is 0 Å². The lowest BCUT2D eigenvalue weighted by Crippen LogP contribution is -2.28. The summed E-state index contributed by atoms with van der Waals surface area (Å²) in [5.74, 6) is 6.71. The molecule has 0 spiro atoms. The van der Waals surface area contributed by atoms with Crippen LogP contribution in [0.4, 0.5) is 0 Å². The van der Waals surface area contributed by atoms with Crippen LogP contribution in [0.1, 0.15) is 25.5 Å². The number of hydrogen-bond acceptors (Lipinski definition) is 3. The van der Waals surface area contributed by atoms with Gasteiger partial charge in [0, 0.05) is 12.6 Å². The topological polar surface area (TPSA) is 47.3 Å². The van der Waals surface area contributed by atoms with Crippen LogP contribution in [0.25, 0.3) is 0 Å². The third-order valence-corrected chi connectivity index (χ3v) is 2.42. The molecular weight excluding hydrogens is 212 g/mol. The predicted molar refractivity (Wildman–Crippen MR) is 70.9 cm³/mol. The van der Waals surface area contributed by atoms with E-state index in [1.807, 2.05) is 38.1 Å². The summed E-state index contributed by atoms with van der Waals surface area (Å²) in [4.78, 5) is 0. The minimum absolute atomic E-state index is 0.122. The van der Waals surface area contributed by atoms with Gasteiger partial charge in [-0.2, -0.15) is 0 Å². The minimum atomic E-state index is 0.122. The van der Waals surface area contributed by atoms with Crippen molar-refractivity contribution < 1.29 is 4.74 Å². The largest absolute Gasteiger partial charge is 0.494 e. The first-order chi connectivity index (χ1) is 8.31. The number of hydrogen-bond donors (Lipinski definition) is 2. The molecule has 1 unspecified atom stereocenters. The molecule has 17 heavy (non-hydrogen) atoms. The molecule has 1 rings (SSSR count). The molecule has 3 heteroatoms. The van der Waals surface area contributed by atoms with Crippen molar-refractivity contribution in [2.45, 2.75) is 19.9 Å². The molecule has 0 aliphatic carbocycles. The Labute approximate surface area is 103 Å². The van der Waals surface area contributed by atoms with Crippen LogP contribution >= 0.6 is 0 Å². The Kier molecular flexibility index (Phi) is 6.16. The second kappa shape index (κ2) is 7.72. The van der Waals surface area contributed by atoms with E-state index >= 15 is 0 Å². The van der Waals surface area contributed by atoms with Crippen molar-refractivity contribution in [1.29, 1.82) is 0 Å². The van der Waals surface area contributed by atoms with E-state index in [1.54, 1.807) is 0 Å². The summed E-state index contributed by atoms with van der Waals surface area (Å²) < 4.78 is 5.47. The van der Waals surface area contributed by atoms with Crippen molar-refractivity contribution >= 4 is 0 Å². The Balaban J connectivity index is 2.71. The molecule has 1 aromatic rings. The summed E-state index contributed by atoms with van der Waals surface area (Å²) >= 11 is 0. The van der Waals surface area contributed by atoms with Gasteiger partial charge in [-0.25, -0.2) is 0 Å². The minimum Gasteiger partial charge on any atom is -0.494 e. The molecule has 0 saturated carbocycles. The van der Waals surface area contributed by atoms with Gasteiger partial charge in [-0.15, -0.1) is 5.92 Å². The lowest BCUT2D eigenvalue weighted by Gasteiger charge is -2.16. The van der Waals surface area contributed by atoms with Crippen molar-refractivity contribution in [3.05, 3.63) is 29.8 Å². The van der Waals surface area contributed by atoms with Crippen LogP contribution in [-0.2, 0) is 0 Å². The zero-order chi connectivity index (χ0) is 12.5. The maximum atomic E-state index is 5.76. The molecule has 0 amide bonds. The Hall–Kier alpha value is -1.50. The van der Waals surface area contributed by atoms with Gasteiger partial charge >= 0.3 is 0 Å². The number of ether oxygens (including phenoxy) is 1. The summed E-state index contributed by atoms with van der Waals surface area (Å²) in [5.41, 5.74) is 6.90. The summed E-state index contributed by atoms with van der Waals surface area (Å²) in [6, 6.07) is 8.12. The standard InChI is InChI=1S/C14H20N2O/c1-3-5-9-16-14(11-15)12-7-6-8-13(10-12)17-4-2/h6-8,10,14,16H,4,9,11,15H2,1-2H3. The van der Waals surface area contributed by atoms with Crippen molar-refractivity contribution in [2.24, 2.45) is 5.73 Å². The van der Waals surface area contributed by atoms with Gasteiger partial charge in [0.05, 0.1) is 13.2 Å². The number of nitrogens with one attached hydrogen (secondary N) is 1. The Bertz CT molecular complexity index is 393.